The molecule has 0 radical (unpaired) electrons. The van der Waals surface area contributed by atoms with E-state index in [0.717, 1.165) is 11.3 Å². The molecule has 0 spiro atoms. The van der Waals surface area contributed by atoms with Gasteiger partial charge >= 0.3 is 0 Å². The summed E-state index contributed by atoms with van der Waals surface area (Å²) in [7, 11) is 1.63. The van der Waals surface area contributed by atoms with Crippen molar-refractivity contribution in [3.05, 3.63) is 34.7 Å². The van der Waals surface area contributed by atoms with E-state index in [0.29, 0.717) is 6.54 Å². The summed E-state index contributed by atoms with van der Waals surface area (Å²) < 4.78 is 5.01. The van der Waals surface area contributed by atoms with Crippen LogP contribution in [0.1, 0.15) is 5.56 Å². The lowest BCUT2D eigenvalue weighted by Gasteiger charge is -2.02. The molecule has 0 atom stereocenters. The Balaban J connectivity index is 2.44. The molecule has 1 aromatic carbocycles. The van der Waals surface area contributed by atoms with E-state index in [1.165, 1.54) is 0 Å². The first-order valence-electron chi connectivity index (χ1n) is 3.99. The molecule has 4 nitrogen and oxygen atoms in total. The zero-order valence-corrected chi connectivity index (χ0v) is 7.49. The molecule has 1 aromatic rings. The fraction of sp³-hybridized carbons (Fsp3) is 0.333. The number of nitroso groups, excluding NO2 is 1. The SMILES string of the molecule is COc1ccc(CNCN=O)cc1. The lowest BCUT2D eigenvalue weighted by atomic mass is 10.2. The van der Waals surface area contributed by atoms with Crippen LogP contribution in [0.2, 0.25) is 0 Å². The van der Waals surface area contributed by atoms with E-state index in [1.807, 2.05) is 24.3 Å². The first-order valence-corrected chi connectivity index (χ1v) is 3.99. The smallest absolute Gasteiger partial charge is 0.131 e. The second kappa shape index (κ2) is 5.27. The molecular weight excluding hydrogens is 168 g/mol. The summed E-state index contributed by atoms with van der Waals surface area (Å²) in [4.78, 5) is 9.76. The second-order valence-corrected chi connectivity index (χ2v) is 2.56. The molecule has 4 heteroatoms. The van der Waals surface area contributed by atoms with Gasteiger partial charge in [0.25, 0.3) is 0 Å². The van der Waals surface area contributed by atoms with Gasteiger partial charge in [-0.3, -0.25) is 5.32 Å². The van der Waals surface area contributed by atoms with Crippen molar-refractivity contribution in [3.63, 3.8) is 0 Å². The van der Waals surface area contributed by atoms with Gasteiger partial charge in [-0.15, -0.1) is 4.91 Å². The Labute approximate surface area is 76.9 Å². The van der Waals surface area contributed by atoms with E-state index >= 15 is 0 Å². The minimum Gasteiger partial charge on any atom is -0.497 e. The number of hydrogen-bond acceptors (Lipinski definition) is 4. The Morgan fingerprint density at radius 1 is 1.38 bits per heavy atom. The number of nitrogens with zero attached hydrogens (tertiary/aromatic N) is 1. The van der Waals surface area contributed by atoms with Crippen LogP contribution in [-0.2, 0) is 6.54 Å². The summed E-state index contributed by atoms with van der Waals surface area (Å²) in [5.41, 5.74) is 1.10. The van der Waals surface area contributed by atoms with Crippen LogP contribution in [0.5, 0.6) is 5.75 Å². The summed E-state index contributed by atoms with van der Waals surface area (Å²) in [5, 5.41) is 5.57. The topological polar surface area (TPSA) is 50.7 Å². The van der Waals surface area contributed by atoms with Crippen molar-refractivity contribution < 1.29 is 4.74 Å². The third kappa shape index (κ3) is 3.21. The number of methoxy groups -OCH3 is 1. The third-order valence-corrected chi connectivity index (χ3v) is 1.66. The summed E-state index contributed by atoms with van der Waals surface area (Å²) >= 11 is 0. The maximum absolute atomic E-state index is 9.76. The zero-order valence-electron chi connectivity index (χ0n) is 7.49. The maximum Gasteiger partial charge on any atom is 0.131 e. The Kier molecular flexibility index (Phi) is 3.92. The molecule has 0 aliphatic heterocycles. The summed E-state index contributed by atoms with van der Waals surface area (Å²) in [5.74, 6) is 0.831. The lowest BCUT2D eigenvalue weighted by molar-refractivity contribution is 0.414. The molecule has 0 saturated heterocycles. The molecule has 1 N–H and O–H groups in total. The fourth-order valence-corrected chi connectivity index (χ4v) is 0.989. The van der Waals surface area contributed by atoms with E-state index in [1.54, 1.807) is 7.11 Å². The molecule has 0 aliphatic carbocycles. The van der Waals surface area contributed by atoms with Crippen molar-refractivity contribution in [2.45, 2.75) is 6.54 Å². The molecular formula is C9H12N2O2. The van der Waals surface area contributed by atoms with Gasteiger partial charge in [0.1, 0.15) is 12.4 Å². The molecule has 70 valence electrons. The number of rotatable bonds is 5. The van der Waals surface area contributed by atoms with Gasteiger partial charge in [0, 0.05) is 6.54 Å². The van der Waals surface area contributed by atoms with Crippen molar-refractivity contribution in [2.24, 2.45) is 5.18 Å². The quantitative estimate of drug-likeness (QED) is 0.552. The second-order valence-electron chi connectivity index (χ2n) is 2.56. The predicted octanol–water partition coefficient (Wildman–Crippen LogP) is 1.51. The van der Waals surface area contributed by atoms with Crippen molar-refractivity contribution >= 4 is 0 Å². The van der Waals surface area contributed by atoms with Crippen molar-refractivity contribution in [1.82, 2.24) is 5.32 Å². The van der Waals surface area contributed by atoms with Gasteiger partial charge in [-0.1, -0.05) is 17.3 Å². The molecule has 13 heavy (non-hydrogen) atoms. The maximum atomic E-state index is 9.76. The number of hydrogen-bond donors (Lipinski definition) is 1. The van der Waals surface area contributed by atoms with Crippen molar-refractivity contribution in [2.75, 3.05) is 13.8 Å². The zero-order chi connectivity index (χ0) is 9.52. The molecule has 0 aromatic heterocycles. The average Bonchev–Trinajstić information content (AvgIpc) is 2.19. The van der Waals surface area contributed by atoms with Crippen molar-refractivity contribution in [1.29, 1.82) is 0 Å². The number of ether oxygens (including phenoxy) is 1. The Bertz CT molecular complexity index is 259. The van der Waals surface area contributed by atoms with E-state index in [4.69, 9.17) is 4.74 Å². The number of nitrogens with one attached hydrogen (secondary N) is 1. The van der Waals surface area contributed by atoms with Crippen LogP contribution in [0.25, 0.3) is 0 Å². The minimum atomic E-state index is 0.145. The van der Waals surface area contributed by atoms with Crippen LogP contribution in [0.3, 0.4) is 0 Å². The largest absolute Gasteiger partial charge is 0.497 e. The predicted molar refractivity (Wildman–Crippen MR) is 50.5 cm³/mol. The highest BCUT2D eigenvalue weighted by Crippen LogP contribution is 2.10. The number of benzene rings is 1. The van der Waals surface area contributed by atoms with Gasteiger partial charge in [-0.05, 0) is 17.7 Å². The van der Waals surface area contributed by atoms with E-state index in [9.17, 15) is 4.91 Å². The van der Waals surface area contributed by atoms with Crippen LogP contribution >= 0.6 is 0 Å². The van der Waals surface area contributed by atoms with Gasteiger partial charge in [-0.25, -0.2) is 0 Å². The van der Waals surface area contributed by atoms with E-state index in [2.05, 4.69) is 10.5 Å². The molecule has 0 aliphatic rings. The normalized spacial score (nSPS) is 9.62. The summed E-state index contributed by atoms with van der Waals surface area (Å²) in [6.07, 6.45) is 0. The molecule has 0 fully saturated rings. The van der Waals surface area contributed by atoms with Gasteiger partial charge in [0.2, 0.25) is 0 Å². The standard InChI is InChI=1S/C9H12N2O2/c1-13-9-4-2-8(3-5-9)6-10-7-11-12/h2-5,10H,6-7H2,1H3. The molecule has 0 saturated carbocycles. The minimum absolute atomic E-state index is 0.145. The molecule has 0 amide bonds. The van der Waals surface area contributed by atoms with Gasteiger partial charge in [0.05, 0.1) is 7.11 Å². The van der Waals surface area contributed by atoms with Crippen LogP contribution in [0.15, 0.2) is 29.4 Å². The highest BCUT2D eigenvalue weighted by Gasteiger charge is 1.93. The van der Waals surface area contributed by atoms with Gasteiger partial charge in [0.15, 0.2) is 0 Å². The molecule has 0 bridgehead atoms. The first-order chi connectivity index (χ1) is 6.36. The Morgan fingerprint density at radius 3 is 2.62 bits per heavy atom. The Hall–Kier alpha value is -1.42. The lowest BCUT2D eigenvalue weighted by Crippen LogP contribution is -2.12. The van der Waals surface area contributed by atoms with E-state index < -0.39 is 0 Å². The highest BCUT2D eigenvalue weighted by atomic mass is 16.5. The average molecular weight is 180 g/mol. The highest BCUT2D eigenvalue weighted by molar-refractivity contribution is 5.26. The summed E-state index contributed by atoms with van der Waals surface area (Å²) in [6.45, 7) is 0.793. The van der Waals surface area contributed by atoms with Crippen LogP contribution in [0.4, 0.5) is 0 Å². The molecule has 0 unspecified atom stereocenters. The monoisotopic (exact) mass is 180 g/mol. The van der Waals surface area contributed by atoms with Gasteiger partial charge < -0.3 is 4.74 Å². The van der Waals surface area contributed by atoms with Crippen LogP contribution in [-0.4, -0.2) is 13.8 Å². The Morgan fingerprint density at radius 2 is 2.08 bits per heavy atom. The molecule has 1 rings (SSSR count). The van der Waals surface area contributed by atoms with Crippen LogP contribution in [0, 0.1) is 4.91 Å². The molecule has 0 heterocycles. The van der Waals surface area contributed by atoms with Crippen molar-refractivity contribution in [3.8, 4) is 5.75 Å². The first kappa shape index (κ1) is 9.67. The summed E-state index contributed by atoms with van der Waals surface area (Å²) in [6, 6.07) is 7.64. The third-order valence-electron chi connectivity index (χ3n) is 1.66. The fourth-order valence-electron chi connectivity index (χ4n) is 0.989. The van der Waals surface area contributed by atoms with Gasteiger partial charge in [-0.2, -0.15) is 0 Å². The van der Waals surface area contributed by atoms with E-state index in [-0.39, 0.29) is 6.67 Å². The van der Waals surface area contributed by atoms with Crippen LogP contribution < -0.4 is 10.1 Å².